The van der Waals surface area contributed by atoms with Crippen LogP contribution in [0.15, 0.2) is 36.4 Å². The second kappa shape index (κ2) is 6.58. The summed E-state index contributed by atoms with van der Waals surface area (Å²) in [4.78, 5) is 25.6. The van der Waals surface area contributed by atoms with Crippen molar-refractivity contribution in [3.8, 4) is 11.1 Å². The summed E-state index contributed by atoms with van der Waals surface area (Å²) in [6.45, 7) is 0.588. The molecule has 0 saturated carbocycles. The lowest BCUT2D eigenvalue weighted by Gasteiger charge is -2.12. The molecule has 0 spiro atoms. The van der Waals surface area contributed by atoms with Gasteiger partial charge < -0.3 is 10.2 Å². The first-order chi connectivity index (χ1) is 11.9. The number of halogens is 3. The predicted molar refractivity (Wildman–Crippen MR) is 85.3 cm³/mol. The molecule has 2 aromatic carbocycles. The fourth-order valence-electron chi connectivity index (χ4n) is 2.73. The zero-order chi connectivity index (χ0) is 18.1. The molecule has 3 rings (SSSR count). The third kappa shape index (κ3) is 3.35. The van der Waals surface area contributed by atoms with Crippen LogP contribution in [0.5, 0.6) is 0 Å². The van der Waals surface area contributed by atoms with Gasteiger partial charge in [0.25, 0.3) is 5.91 Å². The van der Waals surface area contributed by atoms with E-state index in [2.05, 4.69) is 5.32 Å². The molecule has 0 aromatic heterocycles. The van der Waals surface area contributed by atoms with Crippen LogP contribution in [0.2, 0.25) is 0 Å². The first kappa shape index (κ1) is 17.0. The summed E-state index contributed by atoms with van der Waals surface area (Å²) in [5, 5.41) is 2.66. The van der Waals surface area contributed by atoms with Crippen LogP contribution in [0.1, 0.15) is 16.8 Å². The van der Waals surface area contributed by atoms with E-state index in [1.165, 1.54) is 24.3 Å². The van der Waals surface area contributed by atoms with Crippen LogP contribution in [0.25, 0.3) is 11.1 Å². The summed E-state index contributed by atoms with van der Waals surface area (Å²) < 4.78 is 39.6. The Bertz CT molecular complexity index is 814. The van der Waals surface area contributed by atoms with Crippen LogP contribution in [0, 0.1) is 17.5 Å². The summed E-state index contributed by atoms with van der Waals surface area (Å²) >= 11 is 0. The molecule has 0 radical (unpaired) electrons. The molecule has 4 nitrogen and oxygen atoms in total. The van der Waals surface area contributed by atoms with Crippen molar-refractivity contribution in [3.05, 3.63) is 59.4 Å². The van der Waals surface area contributed by atoms with E-state index in [0.717, 1.165) is 12.1 Å². The van der Waals surface area contributed by atoms with Crippen LogP contribution < -0.4 is 5.32 Å². The van der Waals surface area contributed by atoms with Gasteiger partial charge in [0.15, 0.2) is 17.5 Å². The van der Waals surface area contributed by atoms with Gasteiger partial charge in [-0.3, -0.25) is 9.59 Å². The zero-order valence-corrected chi connectivity index (χ0v) is 13.4. The number of likely N-dealkylation sites (tertiary alicyclic amines) is 1. The van der Waals surface area contributed by atoms with Crippen molar-refractivity contribution in [2.45, 2.75) is 12.5 Å². The van der Waals surface area contributed by atoms with Gasteiger partial charge in [0.2, 0.25) is 5.91 Å². The van der Waals surface area contributed by atoms with Gasteiger partial charge in [0.1, 0.15) is 6.04 Å². The van der Waals surface area contributed by atoms with Gasteiger partial charge in [-0.15, -0.1) is 0 Å². The highest BCUT2D eigenvalue weighted by Gasteiger charge is 2.30. The van der Waals surface area contributed by atoms with Crippen LogP contribution in [-0.4, -0.2) is 36.3 Å². The van der Waals surface area contributed by atoms with Crippen LogP contribution >= 0.6 is 0 Å². The number of carbonyl (C=O) groups is 2. The highest BCUT2D eigenvalue weighted by molar-refractivity contribution is 5.98. The Hall–Kier alpha value is -2.83. The van der Waals surface area contributed by atoms with Crippen molar-refractivity contribution in [1.29, 1.82) is 0 Å². The van der Waals surface area contributed by atoms with E-state index < -0.39 is 29.4 Å². The maximum Gasteiger partial charge on any atom is 0.251 e. The Morgan fingerprint density at radius 2 is 1.68 bits per heavy atom. The molecule has 130 valence electrons. The maximum absolute atomic E-state index is 13.3. The fraction of sp³-hybridized carbons (Fsp3) is 0.222. The topological polar surface area (TPSA) is 49.4 Å². The van der Waals surface area contributed by atoms with Crippen molar-refractivity contribution >= 4 is 11.8 Å². The summed E-state index contributed by atoms with van der Waals surface area (Å²) in [7, 11) is 1.67. The van der Waals surface area contributed by atoms with Gasteiger partial charge in [-0.05, 0) is 41.8 Å². The number of likely N-dealkylation sites (N-methyl/N-ethyl adjacent to an activating group) is 1. The smallest absolute Gasteiger partial charge is 0.251 e. The van der Waals surface area contributed by atoms with E-state index >= 15 is 0 Å². The lowest BCUT2D eigenvalue weighted by Crippen LogP contribution is -2.40. The summed E-state index contributed by atoms with van der Waals surface area (Å²) in [6.07, 6.45) is 0.549. The molecular formula is C18H15F3N2O2. The van der Waals surface area contributed by atoms with Crippen molar-refractivity contribution in [3.63, 3.8) is 0 Å². The normalized spacial score (nSPS) is 17.0. The number of benzene rings is 2. The average Bonchev–Trinajstić information content (AvgIpc) is 2.91. The highest BCUT2D eigenvalue weighted by Crippen LogP contribution is 2.24. The largest absolute Gasteiger partial charge is 0.344 e. The SMILES string of the molecule is CN1CCC(NC(=O)c2ccc(-c3cc(F)c(F)c(F)c3)cc2)C1=O. The van der Waals surface area contributed by atoms with Crippen molar-refractivity contribution in [2.24, 2.45) is 0 Å². The average molecular weight is 348 g/mol. The molecule has 0 bridgehead atoms. The van der Waals surface area contributed by atoms with E-state index in [4.69, 9.17) is 0 Å². The molecule has 2 amide bonds. The summed E-state index contributed by atoms with van der Waals surface area (Å²) in [6, 6.07) is 7.20. The van der Waals surface area contributed by atoms with Crippen molar-refractivity contribution in [1.82, 2.24) is 10.2 Å². The number of nitrogens with one attached hydrogen (secondary N) is 1. The Balaban J connectivity index is 1.76. The molecule has 1 aliphatic heterocycles. The molecule has 1 N–H and O–H groups in total. The van der Waals surface area contributed by atoms with Gasteiger partial charge in [-0.2, -0.15) is 0 Å². The van der Waals surface area contributed by atoms with Crippen molar-refractivity contribution < 1.29 is 22.8 Å². The number of nitrogens with zero attached hydrogens (tertiary/aromatic N) is 1. The third-order valence-electron chi connectivity index (χ3n) is 4.20. The van der Waals surface area contributed by atoms with E-state index in [1.807, 2.05) is 0 Å². The van der Waals surface area contributed by atoms with Gasteiger partial charge in [-0.25, -0.2) is 13.2 Å². The number of carbonyl (C=O) groups excluding carboxylic acids is 2. The summed E-state index contributed by atoms with van der Waals surface area (Å²) in [5.41, 5.74) is 0.913. The number of rotatable bonds is 3. The molecule has 1 atom stereocenters. The van der Waals surface area contributed by atoms with E-state index in [0.29, 0.717) is 24.1 Å². The summed E-state index contributed by atoms with van der Waals surface area (Å²) in [5.74, 6) is -4.62. The maximum atomic E-state index is 13.3. The molecule has 1 aliphatic rings. The highest BCUT2D eigenvalue weighted by atomic mass is 19.2. The van der Waals surface area contributed by atoms with Gasteiger partial charge in [0.05, 0.1) is 0 Å². The zero-order valence-electron chi connectivity index (χ0n) is 13.4. The van der Waals surface area contributed by atoms with E-state index in [-0.39, 0.29) is 11.5 Å². The molecule has 25 heavy (non-hydrogen) atoms. The molecule has 7 heteroatoms. The van der Waals surface area contributed by atoms with Crippen molar-refractivity contribution in [2.75, 3.05) is 13.6 Å². The third-order valence-corrected chi connectivity index (χ3v) is 4.20. The second-order valence-corrected chi connectivity index (χ2v) is 5.91. The fourth-order valence-corrected chi connectivity index (χ4v) is 2.73. The first-order valence-corrected chi connectivity index (χ1v) is 7.67. The molecule has 1 unspecified atom stereocenters. The quantitative estimate of drug-likeness (QED) is 0.867. The number of hydrogen-bond donors (Lipinski definition) is 1. The van der Waals surface area contributed by atoms with E-state index in [1.54, 1.807) is 11.9 Å². The molecule has 2 aromatic rings. The first-order valence-electron chi connectivity index (χ1n) is 7.67. The monoisotopic (exact) mass is 348 g/mol. The molecule has 0 aliphatic carbocycles. The van der Waals surface area contributed by atoms with Gasteiger partial charge in [0, 0.05) is 19.2 Å². The minimum Gasteiger partial charge on any atom is -0.344 e. The Morgan fingerprint density at radius 1 is 1.08 bits per heavy atom. The predicted octanol–water partition coefficient (Wildman–Crippen LogP) is 2.73. The Kier molecular flexibility index (Phi) is 4.48. The second-order valence-electron chi connectivity index (χ2n) is 5.91. The molecular weight excluding hydrogens is 333 g/mol. The van der Waals surface area contributed by atoms with Gasteiger partial charge in [-0.1, -0.05) is 12.1 Å². The van der Waals surface area contributed by atoms with Crippen LogP contribution in [-0.2, 0) is 4.79 Å². The molecule has 1 heterocycles. The van der Waals surface area contributed by atoms with Gasteiger partial charge >= 0.3 is 0 Å². The number of hydrogen-bond acceptors (Lipinski definition) is 2. The standard InChI is InChI=1S/C18H15F3N2O2/c1-23-7-6-15(18(23)25)22-17(24)11-4-2-10(3-5-11)12-8-13(19)16(21)14(20)9-12/h2-5,8-9,15H,6-7H2,1H3,(H,22,24). The minimum absolute atomic E-state index is 0.137. The Labute approximate surface area is 142 Å². The lowest BCUT2D eigenvalue weighted by molar-refractivity contribution is -0.128. The minimum atomic E-state index is -1.52. The van der Waals surface area contributed by atoms with Crippen LogP contribution in [0.3, 0.4) is 0 Å². The Morgan fingerprint density at radius 3 is 2.20 bits per heavy atom. The van der Waals surface area contributed by atoms with Crippen LogP contribution in [0.4, 0.5) is 13.2 Å². The molecule has 1 fully saturated rings. The van der Waals surface area contributed by atoms with E-state index in [9.17, 15) is 22.8 Å². The molecule has 1 saturated heterocycles. The lowest BCUT2D eigenvalue weighted by atomic mass is 10.0. The number of amides is 2.